The average Bonchev–Trinajstić information content (AvgIpc) is 1.95. The molecule has 0 heterocycles. The largest absolute Gasteiger partial charge is 0.440 e. The molecule has 0 aromatic heterocycles. The molecule has 0 fully saturated rings. The van der Waals surface area contributed by atoms with Crippen LogP contribution in [0.2, 0.25) is 0 Å². The minimum Gasteiger partial charge on any atom is -0.440 e. The molecule has 4 nitrogen and oxygen atoms in total. The molecule has 0 rings (SSSR count). The second kappa shape index (κ2) is 4.43. The van der Waals surface area contributed by atoms with Gasteiger partial charge in [0.05, 0.1) is 6.07 Å². The van der Waals surface area contributed by atoms with Crippen molar-refractivity contribution in [1.29, 1.82) is 5.26 Å². The maximum Gasteiger partial charge on any atom is 0.422 e. The predicted molar refractivity (Wildman–Crippen MR) is 31.0 cm³/mol. The van der Waals surface area contributed by atoms with Crippen LogP contribution in [0, 0.1) is 11.3 Å². The molecule has 0 saturated heterocycles. The number of hydrogen-bond donors (Lipinski definition) is 1. The Morgan fingerprint density at radius 1 is 1.58 bits per heavy atom. The van der Waals surface area contributed by atoms with Crippen molar-refractivity contribution in [2.75, 3.05) is 13.2 Å². The van der Waals surface area contributed by atoms with E-state index in [1.165, 1.54) is 6.07 Å². The Bertz CT molecular complexity index is 196. The fourth-order valence-corrected chi connectivity index (χ4v) is 0.310. The standard InChI is InChI=1S/C5H5F3N2O2/c6-5(7,8)3-12-4(11)10-2-1-9/h2-3H2,(H,10,11). The van der Waals surface area contributed by atoms with Crippen molar-refractivity contribution in [1.82, 2.24) is 5.32 Å². The highest BCUT2D eigenvalue weighted by atomic mass is 19.4. The number of nitrogens with one attached hydrogen (secondary N) is 1. The molecule has 0 bridgehead atoms. The molecule has 1 amide bonds. The third kappa shape index (κ3) is 6.67. The summed E-state index contributed by atoms with van der Waals surface area (Å²) in [6.07, 6.45) is -5.79. The number of amides is 1. The second-order valence-electron chi connectivity index (χ2n) is 1.70. The number of carbonyl (C=O) groups is 1. The van der Waals surface area contributed by atoms with Crippen LogP contribution in [-0.4, -0.2) is 25.4 Å². The summed E-state index contributed by atoms with van der Waals surface area (Å²) in [6.45, 7) is -2.03. The number of carbonyl (C=O) groups excluding carboxylic acids is 1. The lowest BCUT2D eigenvalue weighted by molar-refractivity contribution is -0.160. The highest BCUT2D eigenvalue weighted by Gasteiger charge is 2.29. The Labute approximate surface area is 65.9 Å². The van der Waals surface area contributed by atoms with E-state index in [1.54, 1.807) is 5.32 Å². The molecular weight excluding hydrogens is 177 g/mol. The quantitative estimate of drug-likeness (QED) is 0.642. The van der Waals surface area contributed by atoms with Gasteiger partial charge in [-0.15, -0.1) is 0 Å². The summed E-state index contributed by atoms with van der Waals surface area (Å²) in [7, 11) is 0. The topological polar surface area (TPSA) is 62.1 Å². The molecule has 12 heavy (non-hydrogen) atoms. The van der Waals surface area contributed by atoms with Crippen molar-refractivity contribution >= 4 is 6.09 Å². The zero-order chi connectivity index (χ0) is 9.61. The molecular formula is C5H5F3N2O2. The first kappa shape index (κ1) is 10.6. The van der Waals surface area contributed by atoms with E-state index in [4.69, 9.17) is 5.26 Å². The number of alkyl carbamates (subject to hydrolysis) is 1. The van der Waals surface area contributed by atoms with Gasteiger partial charge in [-0.2, -0.15) is 18.4 Å². The summed E-state index contributed by atoms with van der Waals surface area (Å²) in [5, 5.41) is 9.68. The zero-order valence-corrected chi connectivity index (χ0v) is 5.81. The van der Waals surface area contributed by atoms with Crippen LogP contribution >= 0.6 is 0 Å². The summed E-state index contributed by atoms with van der Waals surface area (Å²) in [6, 6.07) is 1.50. The van der Waals surface area contributed by atoms with Gasteiger partial charge in [-0.3, -0.25) is 0 Å². The molecule has 0 saturated carbocycles. The minimum absolute atomic E-state index is 0.378. The molecule has 0 spiro atoms. The maximum absolute atomic E-state index is 11.4. The van der Waals surface area contributed by atoms with Crippen LogP contribution in [0.25, 0.3) is 0 Å². The lowest BCUT2D eigenvalue weighted by Gasteiger charge is -2.06. The Morgan fingerprint density at radius 3 is 2.58 bits per heavy atom. The van der Waals surface area contributed by atoms with Gasteiger partial charge in [0, 0.05) is 0 Å². The van der Waals surface area contributed by atoms with Gasteiger partial charge in [0.1, 0.15) is 6.54 Å². The highest BCUT2D eigenvalue weighted by molar-refractivity contribution is 5.67. The van der Waals surface area contributed by atoms with Gasteiger partial charge in [-0.25, -0.2) is 4.79 Å². The van der Waals surface area contributed by atoms with Crippen LogP contribution < -0.4 is 5.32 Å². The summed E-state index contributed by atoms with van der Waals surface area (Å²) in [5.74, 6) is 0. The molecule has 0 aliphatic heterocycles. The van der Waals surface area contributed by atoms with Crippen LogP contribution in [0.15, 0.2) is 0 Å². The van der Waals surface area contributed by atoms with Crippen LogP contribution in [0.4, 0.5) is 18.0 Å². The van der Waals surface area contributed by atoms with Crippen molar-refractivity contribution in [3.8, 4) is 6.07 Å². The Morgan fingerprint density at radius 2 is 2.17 bits per heavy atom. The molecule has 0 atom stereocenters. The van der Waals surface area contributed by atoms with Gasteiger partial charge in [0.2, 0.25) is 0 Å². The smallest absolute Gasteiger partial charge is 0.422 e. The SMILES string of the molecule is N#CCNC(=O)OCC(F)(F)F. The van der Waals surface area contributed by atoms with Crippen molar-refractivity contribution in [2.45, 2.75) is 6.18 Å². The van der Waals surface area contributed by atoms with Crippen molar-refractivity contribution in [3.05, 3.63) is 0 Å². The van der Waals surface area contributed by atoms with E-state index in [0.29, 0.717) is 0 Å². The first-order valence-electron chi connectivity index (χ1n) is 2.80. The van der Waals surface area contributed by atoms with Crippen LogP contribution in [0.3, 0.4) is 0 Å². The molecule has 0 radical (unpaired) electrons. The van der Waals surface area contributed by atoms with E-state index in [1.807, 2.05) is 0 Å². The number of rotatable bonds is 2. The molecule has 0 aromatic carbocycles. The molecule has 0 unspecified atom stereocenters. The lowest BCUT2D eigenvalue weighted by atomic mass is 10.7. The van der Waals surface area contributed by atoms with Gasteiger partial charge < -0.3 is 10.1 Å². The number of nitrogens with zero attached hydrogens (tertiary/aromatic N) is 1. The lowest BCUT2D eigenvalue weighted by Crippen LogP contribution is -2.29. The number of ether oxygens (including phenoxy) is 1. The van der Waals surface area contributed by atoms with Crippen molar-refractivity contribution < 1.29 is 22.7 Å². The van der Waals surface area contributed by atoms with E-state index in [0.717, 1.165) is 0 Å². The third-order valence-electron chi connectivity index (χ3n) is 0.679. The molecule has 68 valence electrons. The summed E-state index contributed by atoms with van der Waals surface area (Å²) in [5.41, 5.74) is 0. The van der Waals surface area contributed by atoms with Gasteiger partial charge in [-0.05, 0) is 0 Å². The highest BCUT2D eigenvalue weighted by Crippen LogP contribution is 2.14. The predicted octanol–water partition coefficient (Wildman–Crippen LogP) is 0.798. The monoisotopic (exact) mass is 182 g/mol. The van der Waals surface area contributed by atoms with E-state index >= 15 is 0 Å². The summed E-state index contributed by atoms with van der Waals surface area (Å²) in [4.78, 5) is 10.3. The number of halogens is 3. The Balaban J connectivity index is 3.53. The molecule has 0 aliphatic rings. The first-order valence-corrected chi connectivity index (χ1v) is 2.80. The molecule has 7 heteroatoms. The van der Waals surface area contributed by atoms with Crippen LogP contribution in [0.5, 0.6) is 0 Å². The number of alkyl halides is 3. The normalized spacial score (nSPS) is 10.2. The summed E-state index contributed by atoms with van der Waals surface area (Å²) < 4.78 is 37.8. The number of nitriles is 1. The summed E-state index contributed by atoms with van der Waals surface area (Å²) >= 11 is 0. The first-order chi connectivity index (χ1) is 5.45. The molecule has 0 aliphatic carbocycles. The second-order valence-corrected chi connectivity index (χ2v) is 1.70. The Hall–Kier alpha value is -1.45. The van der Waals surface area contributed by atoms with Gasteiger partial charge in [-0.1, -0.05) is 0 Å². The van der Waals surface area contributed by atoms with Gasteiger partial charge in [0.15, 0.2) is 6.61 Å². The van der Waals surface area contributed by atoms with Gasteiger partial charge in [0.25, 0.3) is 0 Å². The number of hydrogen-bond acceptors (Lipinski definition) is 3. The fourth-order valence-electron chi connectivity index (χ4n) is 0.310. The van der Waals surface area contributed by atoms with E-state index in [2.05, 4.69) is 4.74 Å². The Kier molecular flexibility index (Phi) is 3.90. The molecule has 0 aromatic rings. The van der Waals surface area contributed by atoms with E-state index in [9.17, 15) is 18.0 Å². The minimum atomic E-state index is -4.54. The average molecular weight is 182 g/mol. The molecule has 1 N–H and O–H groups in total. The van der Waals surface area contributed by atoms with Crippen molar-refractivity contribution in [2.24, 2.45) is 0 Å². The van der Waals surface area contributed by atoms with Gasteiger partial charge >= 0.3 is 12.3 Å². The van der Waals surface area contributed by atoms with Crippen molar-refractivity contribution in [3.63, 3.8) is 0 Å². The fraction of sp³-hybridized carbons (Fsp3) is 0.600. The maximum atomic E-state index is 11.4. The van der Waals surface area contributed by atoms with Crippen LogP contribution in [0.1, 0.15) is 0 Å². The van der Waals surface area contributed by atoms with E-state index < -0.39 is 18.9 Å². The van der Waals surface area contributed by atoms with E-state index in [-0.39, 0.29) is 6.54 Å². The zero-order valence-electron chi connectivity index (χ0n) is 5.81. The third-order valence-corrected chi connectivity index (χ3v) is 0.679. The van der Waals surface area contributed by atoms with Crippen LogP contribution in [-0.2, 0) is 4.74 Å².